The van der Waals surface area contributed by atoms with E-state index in [0.717, 1.165) is 35.5 Å². The Kier molecular flexibility index (Phi) is 5.04. The molecule has 4 rings (SSSR count). The molecule has 0 saturated heterocycles. The van der Waals surface area contributed by atoms with Crippen LogP contribution in [0.4, 0.5) is 0 Å². The molecule has 2 aliphatic rings. The van der Waals surface area contributed by atoms with Gasteiger partial charge in [-0.15, -0.1) is 0 Å². The van der Waals surface area contributed by atoms with Crippen molar-refractivity contribution in [3.8, 4) is 0 Å². The first-order valence-electron chi connectivity index (χ1n) is 10.2. The van der Waals surface area contributed by atoms with Crippen molar-refractivity contribution in [3.63, 3.8) is 0 Å². The number of nitrogens with one attached hydrogen (secondary N) is 1. The van der Waals surface area contributed by atoms with Crippen molar-refractivity contribution in [2.45, 2.75) is 64.6 Å². The molecule has 2 heterocycles. The summed E-state index contributed by atoms with van der Waals surface area (Å²) in [5.41, 5.74) is 10.1. The van der Waals surface area contributed by atoms with Crippen LogP contribution in [0.3, 0.4) is 0 Å². The summed E-state index contributed by atoms with van der Waals surface area (Å²) in [4.78, 5) is 17.5. The smallest absolute Gasteiger partial charge is 0.253 e. The number of aryl methyl sites for hydroxylation is 1. The van der Waals surface area contributed by atoms with Crippen LogP contribution < -0.4 is 11.1 Å². The van der Waals surface area contributed by atoms with Crippen LogP contribution >= 0.6 is 0 Å². The Balaban J connectivity index is 1.52. The summed E-state index contributed by atoms with van der Waals surface area (Å²) in [6.07, 6.45) is 7.54. The van der Waals surface area contributed by atoms with E-state index in [0.29, 0.717) is 24.4 Å². The molecule has 0 spiro atoms. The normalized spacial score (nSPS) is 27.4. The summed E-state index contributed by atoms with van der Waals surface area (Å²) in [5.74, 6) is 1.13. The fraction of sp³-hybridized carbons (Fsp3) is 0.545. The number of pyridine rings is 1. The Labute approximate surface area is 161 Å². The van der Waals surface area contributed by atoms with Crippen molar-refractivity contribution in [1.29, 1.82) is 0 Å². The lowest BCUT2D eigenvalue weighted by Gasteiger charge is -2.45. The zero-order chi connectivity index (χ0) is 19.0. The fourth-order valence-corrected chi connectivity index (χ4v) is 5.18. The molecule has 2 aromatic heterocycles. The molecular formula is C22H30N4O. The molecule has 0 radical (unpaired) electrons. The van der Waals surface area contributed by atoms with Crippen LogP contribution in [0.1, 0.15) is 59.5 Å². The molecule has 0 aromatic carbocycles. The Hall–Kier alpha value is -2.14. The Morgan fingerprint density at radius 1 is 1.26 bits per heavy atom. The fourth-order valence-electron chi connectivity index (χ4n) is 5.18. The number of fused-ring (bicyclic) bond motifs is 2. The highest BCUT2D eigenvalue weighted by Crippen LogP contribution is 2.39. The summed E-state index contributed by atoms with van der Waals surface area (Å²) in [7, 11) is 0. The number of amides is 1. The molecule has 5 nitrogen and oxygen atoms in total. The number of nitrogens with two attached hydrogens (primary N) is 1. The summed E-state index contributed by atoms with van der Waals surface area (Å²) < 4.78 is 2.18. The number of rotatable bonds is 4. The van der Waals surface area contributed by atoms with E-state index >= 15 is 0 Å². The molecule has 3 N–H and O–H groups in total. The van der Waals surface area contributed by atoms with Gasteiger partial charge < -0.3 is 15.6 Å². The van der Waals surface area contributed by atoms with Gasteiger partial charge in [0.1, 0.15) is 0 Å². The van der Waals surface area contributed by atoms with E-state index in [1.54, 1.807) is 0 Å². The van der Waals surface area contributed by atoms with E-state index in [-0.39, 0.29) is 11.9 Å². The van der Waals surface area contributed by atoms with Gasteiger partial charge in [-0.3, -0.25) is 9.78 Å². The largest absolute Gasteiger partial charge is 0.349 e. The van der Waals surface area contributed by atoms with Gasteiger partial charge in [-0.25, -0.2) is 0 Å². The zero-order valence-electron chi connectivity index (χ0n) is 16.3. The number of hydrogen-bond acceptors (Lipinski definition) is 3. The quantitative estimate of drug-likeness (QED) is 0.873. The van der Waals surface area contributed by atoms with Gasteiger partial charge in [-0.1, -0.05) is 12.5 Å². The predicted molar refractivity (Wildman–Crippen MR) is 107 cm³/mol. The number of nitrogens with zero attached hydrogens (tertiary/aromatic N) is 2. The number of carbonyl (C=O) groups excluding carboxylic acids is 1. The molecule has 2 bridgehead atoms. The van der Waals surface area contributed by atoms with E-state index in [1.165, 1.54) is 19.3 Å². The molecule has 0 aliphatic heterocycles. The minimum Gasteiger partial charge on any atom is -0.349 e. The number of aromatic nitrogens is 2. The maximum atomic E-state index is 13.1. The Morgan fingerprint density at radius 3 is 2.67 bits per heavy atom. The van der Waals surface area contributed by atoms with Gasteiger partial charge >= 0.3 is 0 Å². The molecule has 2 aromatic rings. The van der Waals surface area contributed by atoms with Crippen molar-refractivity contribution in [2.75, 3.05) is 0 Å². The minimum atomic E-state index is 0.0627. The highest BCUT2D eigenvalue weighted by molar-refractivity contribution is 5.96. The molecule has 2 atom stereocenters. The molecule has 144 valence electrons. The number of hydrogen-bond donors (Lipinski definition) is 2. The van der Waals surface area contributed by atoms with Crippen molar-refractivity contribution in [3.05, 3.63) is 53.1 Å². The third-order valence-corrected chi connectivity index (χ3v) is 6.54. The molecule has 2 fully saturated rings. The van der Waals surface area contributed by atoms with E-state index < -0.39 is 0 Å². The monoisotopic (exact) mass is 366 g/mol. The lowest BCUT2D eigenvalue weighted by atomic mass is 9.67. The lowest BCUT2D eigenvalue weighted by Crippen LogP contribution is -2.53. The van der Waals surface area contributed by atoms with Gasteiger partial charge in [0.25, 0.3) is 5.91 Å². The van der Waals surface area contributed by atoms with Crippen LogP contribution in [-0.2, 0) is 6.54 Å². The van der Waals surface area contributed by atoms with Crippen molar-refractivity contribution in [1.82, 2.24) is 14.9 Å². The van der Waals surface area contributed by atoms with Crippen LogP contribution in [0.5, 0.6) is 0 Å². The van der Waals surface area contributed by atoms with Gasteiger partial charge in [0, 0.05) is 29.7 Å². The van der Waals surface area contributed by atoms with E-state index in [9.17, 15) is 4.79 Å². The second-order valence-electron chi connectivity index (χ2n) is 8.37. The molecular weight excluding hydrogens is 336 g/mol. The van der Waals surface area contributed by atoms with E-state index in [1.807, 2.05) is 37.4 Å². The summed E-state index contributed by atoms with van der Waals surface area (Å²) in [5, 5.41) is 3.38. The predicted octanol–water partition coefficient (Wildman–Crippen LogP) is 3.18. The third kappa shape index (κ3) is 3.65. The maximum absolute atomic E-state index is 13.1. The first kappa shape index (κ1) is 18.2. The second kappa shape index (κ2) is 7.47. The third-order valence-electron chi connectivity index (χ3n) is 6.54. The first-order chi connectivity index (χ1) is 13.0. The Morgan fingerprint density at radius 2 is 2.00 bits per heavy atom. The van der Waals surface area contributed by atoms with Crippen LogP contribution in [0.2, 0.25) is 0 Å². The molecule has 2 aliphatic carbocycles. The van der Waals surface area contributed by atoms with Crippen molar-refractivity contribution >= 4 is 5.91 Å². The van der Waals surface area contributed by atoms with Gasteiger partial charge in [0.15, 0.2) is 0 Å². The molecule has 2 unspecified atom stereocenters. The van der Waals surface area contributed by atoms with E-state index in [4.69, 9.17) is 5.73 Å². The molecule has 1 amide bonds. The SMILES string of the molecule is Cc1cc(C(=O)NC2C3CCCC2CC(N)C3)c(C)n1Cc1ccccn1. The van der Waals surface area contributed by atoms with Gasteiger partial charge in [-0.2, -0.15) is 0 Å². The highest BCUT2D eigenvalue weighted by atomic mass is 16.1. The average molecular weight is 367 g/mol. The average Bonchev–Trinajstić information content (AvgIpc) is 2.92. The van der Waals surface area contributed by atoms with Crippen LogP contribution in [0.25, 0.3) is 0 Å². The van der Waals surface area contributed by atoms with Crippen molar-refractivity contribution < 1.29 is 4.79 Å². The van der Waals surface area contributed by atoms with Crippen LogP contribution in [0.15, 0.2) is 30.5 Å². The van der Waals surface area contributed by atoms with Crippen LogP contribution in [-0.4, -0.2) is 27.5 Å². The van der Waals surface area contributed by atoms with Gasteiger partial charge in [0.2, 0.25) is 0 Å². The summed E-state index contributed by atoms with van der Waals surface area (Å²) in [6, 6.07) is 8.53. The minimum absolute atomic E-state index is 0.0627. The molecule has 2 saturated carbocycles. The summed E-state index contributed by atoms with van der Waals surface area (Å²) in [6.45, 7) is 4.78. The van der Waals surface area contributed by atoms with Gasteiger partial charge in [0.05, 0.1) is 17.8 Å². The number of carbonyl (C=O) groups is 1. The molecule has 5 heteroatoms. The topological polar surface area (TPSA) is 72.9 Å². The highest BCUT2D eigenvalue weighted by Gasteiger charge is 2.40. The van der Waals surface area contributed by atoms with Gasteiger partial charge in [-0.05, 0) is 69.6 Å². The van der Waals surface area contributed by atoms with E-state index in [2.05, 4.69) is 21.8 Å². The van der Waals surface area contributed by atoms with Crippen molar-refractivity contribution in [2.24, 2.45) is 17.6 Å². The summed E-state index contributed by atoms with van der Waals surface area (Å²) >= 11 is 0. The second-order valence-corrected chi connectivity index (χ2v) is 8.37. The standard InChI is InChI=1S/C22H30N4O/c1-14-10-20(15(2)26(14)13-19-8-3-4-9-24-19)22(27)25-21-16-6-5-7-17(21)12-18(23)11-16/h3-4,8-10,16-18,21H,5-7,11-13,23H2,1-2H3,(H,25,27). The van der Waals surface area contributed by atoms with Crippen LogP contribution in [0, 0.1) is 25.7 Å². The molecule has 27 heavy (non-hydrogen) atoms. The lowest BCUT2D eigenvalue weighted by molar-refractivity contribution is 0.0755. The first-order valence-corrected chi connectivity index (χ1v) is 10.2. The maximum Gasteiger partial charge on any atom is 0.253 e. The Bertz CT molecular complexity index is 799. The zero-order valence-corrected chi connectivity index (χ0v) is 16.3.